The number of hydrogen-bond donors (Lipinski definition) is 2. The second-order valence-electron chi connectivity index (χ2n) is 3.86. The summed E-state index contributed by atoms with van der Waals surface area (Å²) in [6.07, 6.45) is 0.888. The number of hydrogen-bond acceptors (Lipinski definition) is 3. The standard InChI is InChI=1S/C12H19NO2/c1-8(4-5-13)10-7-11(14)9(2)6-12(10)15-3/h6-8,14H,4-5,13H2,1-3H3. The molecule has 3 N–H and O–H groups in total. The van der Waals surface area contributed by atoms with Crippen LogP contribution < -0.4 is 10.5 Å². The average Bonchev–Trinajstić information content (AvgIpc) is 2.21. The van der Waals surface area contributed by atoms with Crippen LogP contribution in [-0.2, 0) is 0 Å². The zero-order chi connectivity index (χ0) is 11.4. The van der Waals surface area contributed by atoms with Gasteiger partial charge >= 0.3 is 0 Å². The average molecular weight is 209 g/mol. The molecule has 1 aromatic rings. The highest BCUT2D eigenvalue weighted by Gasteiger charge is 2.13. The lowest BCUT2D eigenvalue weighted by Gasteiger charge is -2.16. The molecule has 1 aromatic carbocycles. The highest BCUT2D eigenvalue weighted by Crippen LogP contribution is 2.33. The van der Waals surface area contributed by atoms with Crippen LogP contribution in [0.15, 0.2) is 12.1 Å². The maximum absolute atomic E-state index is 9.65. The Labute approximate surface area is 90.9 Å². The Bertz CT molecular complexity index is 337. The van der Waals surface area contributed by atoms with Crippen molar-refractivity contribution in [3.63, 3.8) is 0 Å². The molecule has 1 unspecified atom stereocenters. The molecule has 0 saturated carbocycles. The fraction of sp³-hybridized carbons (Fsp3) is 0.500. The lowest BCUT2D eigenvalue weighted by molar-refractivity contribution is 0.401. The predicted octanol–water partition coefficient (Wildman–Crippen LogP) is 2.16. The summed E-state index contributed by atoms with van der Waals surface area (Å²) >= 11 is 0. The van der Waals surface area contributed by atoms with Crippen LogP contribution in [0.25, 0.3) is 0 Å². The van der Waals surface area contributed by atoms with Crippen molar-refractivity contribution < 1.29 is 9.84 Å². The van der Waals surface area contributed by atoms with Crippen molar-refractivity contribution in [1.29, 1.82) is 0 Å². The van der Waals surface area contributed by atoms with Crippen molar-refractivity contribution >= 4 is 0 Å². The molecule has 3 heteroatoms. The third-order valence-electron chi connectivity index (χ3n) is 2.68. The van der Waals surface area contributed by atoms with E-state index in [0.717, 1.165) is 23.3 Å². The summed E-state index contributed by atoms with van der Waals surface area (Å²) in [4.78, 5) is 0. The summed E-state index contributed by atoms with van der Waals surface area (Å²) in [5, 5.41) is 9.65. The van der Waals surface area contributed by atoms with Crippen molar-refractivity contribution in [2.75, 3.05) is 13.7 Å². The second-order valence-corrected chi connectivity index (χ2v) is 3.86. The minimum absolute atomic E-state index is 0.302. The number of aryl methyl sites for hydroxylation is 1. The first-order valence-corrected chi connectivity index (χ1v) is 5.17. The van der Waals surface area contributed by atoms with Crippen LogP contribution in [0.1, 0.15) is 30.4 Å². The maximum Gasteiger partial charge on any atom is 0.122 e. The Morgan fingerprint density at radius 2 is 2.13 bits per heavy atom. The van der Waals surface area contributed by atoms with Gasteiger partial charge in [0.2, 0.25) is 0 Å². The van der Waals surface area contributed by atoms with Crippen LogP contribution in [-0.4, -0.2) is 18.8 Å². The first-order valence-electron chi connectivity index (χ1n) is 5.17. The molecule has 0 amide bonds. The van der Waals surface area contributed by atoms with Crippen LogP contribution in [0.3, 0.4) is 0 Å². The van der Waals surface area contributed by atoms with E-state index in [-0.39, 0.29) is 0 Å². The van der Waals surface area contributed by atoms with E-state index in [2.05, 4.69) is 6.92 Å². The summed E-state index contributed by atoms with van der Waals surface area (Å²) in [7, 11) is 1.64. The van der Waals surface area contributed by atoms with Gasteiger partial charge in [0, 0.05) is 5.56 Å². The minimum Gasteiger partial charge on any atom is -0.508 e. The molecular formula is C12H19NO2. The molecule has 0 aliphatic rings. The number of phenols is 1. The molecule has 0 aromatic heterocycles. The van der Waals surface area contributed by atoms with Crippen molar-refractivity contribution in [2.24, 2.45) is 5.73 Å². The molecule has 0 fully saturated rings. The van der Waals surface area contributed by atoms with Gasteiger partial charge in [-0.2, -0.15) is 0 Å². The van der Waals surface area contributed by atoms with E-state index in [9.17, 15) is 5.11 Å². The summed E-state index contributed by atoms with van der Waals surface area (Å²) in [5.74, 6) is 1.44. The molecule has 1 rings (SSSR count). The summed E-state index contributed by atoms with van der Waals surface area (Å²) in [5.41, 5.74) is 7.37. The maximum atomic E-state index is 9.65. The summed E-state index contributed by atoms with van der Waals surface area (Å²) in [6, 6.07) is 3.63. The van der Waals surface area contributed by atoms with Gasteiger partial charge < -0.3 is 15.6 Å². The van der Waals surface area contributed by atoms with E-state index in [0.29, 0.717) is 18.2 Å². The van der Waals surface area contributed by atoms with E-state index in [1.165, 1.54) is 0 Å². The molecule has 84 valence electrons. The molecule has 0 spiro atoms. The Morgan fingerprint density at radius 3 is 2.67 bits per heavy atom. The number of rotatable bonds is 4. The minimum atomic E-state index is 0.302. The van der Waals surface area contributed by atoms with Gasteiger partial charge in [0.1, 0.15) is 11.5 Å². The molecule has 0 radical (unpaired) electrons. The fourth-order valence-electron chi connectivity index (χ4n) is 1.65. The second kappa shape index (κ2) is 5.03. The van der Waals surface area contributed by atoms with Crippen LogP contribution in [0, 0.1) is 6.92 Å². The highest BCUT2D eigenvalue weighted by molar-refractivity contribution is 5.46. The van der Waals surface area contributed by atoms with Crippen LogP contribution in [0.5, 0.6) is 11.5 Å². The highest BCUT2D eigenvalue weighted by atomic mass is 16.5. The first kappa shape index (κ1) is 11.9. The lowest BCUT2D eigenvalue weighted by Crippen LogP contribution is -2.06. The van der Waals surface area contributed by atoms with E-state index >= 15 is 0 Å². The van der Waals surface area contributed by atoms with Crippen LogP contribution in [0.4, 0.5) is 0 Å². The summed E-state index contributed by atoms with van der Waals surface area (Å²) < 4.78 is 5.30. The molecule has 0 bridgehead atoms. The number of nitrogens with two attached hydrogens (primary N) is 1. The molecule has 0 heterocycles. The number of ether oxygens (including phenoxy) is 1. The van der Waals surface area contributed by atoms with Gasteiger partial charge in [-0.1, -0.05) is 6.92 Å². The molecule has 15 heavy (non-hydrogen) atoms. The van der Waals surface area contributed by atoms with Gasteiger partial charge in [0.15, 0.2) is 0 Å². The molecule has 0 aliphatic heterocycles. The zero-order valence-corrected chi connectivity index (χ0v) is 9.58. The lowest BCUT2D eigenvalue weighted by atomic mass is 9.95. The summed E-state index contributed by atoms with van der Waals surface area (Å²) in [6.45, 7) is 4.58. The van der Waals surface area contributed by atoms with Gasteiger partial charge in [-0.3, -0.25) is 0 Å². The quantitative estimate of drug-likeness (QED) is 0.799. The molecule has 0 saturated heterocycles. The van der Waals surface area contributed by atoms with Gasteiger partial charge in [-0.25, -0.2) is 0 Å². The Morgan fingerprint density at radius 1 is 1.47 bits per heavy atom. The molecular weight excluding hydrogens is 190 g/mol. The van der Waals surface area contributed by atoms with E-state index in [1.54, 1.807) is 13.2 Å². The third kappa shape index (κ3) is 2.63. The number of phenolic OH excluding ortho intramolecular Hbond substituents is 1. The first-order chi connectivity index (χ1) is 7.10. The third-order valence-corrected chi connectivity index (χ3v) is 2.68. The van der Waals surface area contributed by atoms with Crippen molar-refractivity contribution in [1.82, 2.24) is 0 Å². The Kier molecular flexibility index (Phi) is 3.97. The zero-order valence-electron chi connectivity index (χ0n) is 9.58. The van der Waals surface area contributed by atoms with Crippen molar-refractivity contribution in [3.05, 3.63) is 23.3 Å². The normalized spacial score (nSPS) is 12.5. The smallest absolute Gasteiger partial charge is 0.122 e. The van der Waals surface area contributed by atoms with Crippen LogP contribution >= 0.6 is 0 Å². The van der Waals surface area contributed by atoms with E-state index in [4.69, 9.17) is 10.5 Å². The van der Waals surface area contributed by atoms with E-state index < -0.39 is 0 Å². The largest absolute Gasteiger partial charge is 0.508 e. The topological polar surface area (TPSA) is 55.5 Å². The molecule has 3 nitrogen and oxygen atoms in total. The van der Waals surface area contributed by atoms with Gasteiger partial charge in [-0.15, -0.1) is 0 Å². The number of aromatic hydroxyl groups is 1. The number of methoxy groups -OCH3 is 1. The fourth-order valence-corrected chi connectivity index (χ4v) is 1.65. The van der Waals surface area contributed by atoms with Gasteiger partial charge in [0.05, 0.1) is 7.11 Å². The van der Waals surface area contributed by atoms with Crippen LogP contribution in [0.2, 0.25) is 0 Å². The Balaban J connectivity index is 3.09. The Hall–Kier alpha value is -1.22. The molecule has 1 atom stereocenters. The predicted molar refractivity (Wildman–Crippen MR) is 61.5 cm³/mol. The van der Waals surface area contributed by atoms with Gasteiger partial charge in [0.25, 0.3) is 0 Å². The monoisotopic (exact) mass is 209 g/mol. The van der Waals surface area contributed by atoms with Gasteiger partial charge in [-0.05, 0) is 43.5 Å². The number of benzene rings is 1. The van der Waals surface area contributed by atoms with Crippen molar-refractivity contribution in [3.8, 4) is 11.5 Å². The van der Waals surface area contributed by atoms with Crippen molar-refractivity contribution in [2.45, 2.75) is 26.2 Å². The molecule has 0 aliphatic carbocycles. The van der Waals surface area contributed by atoms with E-state index in [1.807, 2.05) is 13.0 Å². The SMILES string of the molecule is COc1cc(C)c(O)cc1C(C)CCN.